The van der Waals surface area contributed by atoms with Gasteiger partial charge in [0.05, 0.1) is 0 Å². The number of hydrogen-bond acceptors (Lipinski definition) is 2. The first kappa shape index (κ1) is 5.41. The van der Waals surface area contributed by atoms with E-state index in [2.05, 4.69) is 4.98 Å². The number of aldehydes is 1. The average Bonchev–Trinajstić information content (AvgIpc) is 2.44. The van der Waals surface area contributed by atoms with E-state index in [-0.39, 0.29) is 6.04 Å². The number of aromatic nitrogens is 2. The fourth-order valence-corrected chi connectivity index (χ4v) is 1.09. The predicted octanol–water partition coefficient (Wildman–Crippen LogP) is 0.650. The summed E-state index contributed by atoms with van der Waals surface area (Å²) in [5.74, 6) is 0.858. The molecule has 1 aliphatic heterocycles. The van der Waals surface area contributed by atoms with Gasteiger partial charge in [0.1, 0.15) is 18.2 Å². The highest BCUT2D eigenvalue weighted by Crippen LogP contribution is 2.17. The average molecular weight is 134 g/mol. The predicted molar refractivity (Wildman–Crippen MR) is 36.4 cm³/mol. The van der Waals surface area contributed by atoms with Crippen LogP contribution in [0, 0.1) is 0 Å². The van der Waals surface area contributed by atoms with Crippen molar-refractivity contribution in [3.8, 4) is 0 Å². The molecular weight excluding hydrogens is 128 g/mol. The largest absolute Gasteiger partial charge is 0.318 e. The Morgan fingerprint density at radius 2 is 2.60 bits per heavy atom. The van der Waals surface area contributed by atoms with Crippen LogP contribution in [-0.2, 0) is 4.79 Å². The standard InChI is InChI=1S/C7H6N2O/c10-5-6-1-2-7-8-3-4-9(6)7/h1-6H. The Hall–Kier alpha value is -1.38. The topological polar surface area (TPSA) is 34.9 Å². The molecule has 0 aromatic carbocycles. The lowest BCUT2D eigenvalue weighted by molar-refractivity contribution is -0.109. The summed E-state index contributed by atoms with van der Waals surface area (Å²) in [4.78, 5) is 14.4. The van der Waals surface area contributed by atoms with E-state index in [1.807, 2.05) is 16.7 Å². The van der Waals surface area contributed by atoms with Crippen molar-refractivity contribution < 1.29 is 4.79 Å². The lowest BCUT2D eigenvalue weighted by Gasteiger charge is -2.00. The number of allylic oxidation sites excluding steroid dienone is 1. The summed E-state index contributed by atoms with van der Waals surface area (Å²) < 4.78 is 1.83. The summed E-state index contributed by atoms with van der Waals surface area (Å²) in [5.41, 5.74) is 0. The smallest absolute Gasteiger partial charge is 0.146 e. The van der Waals surface area contributed by atoms with Gasteiger partial charge in [0.25, 0.3) is 0 Å². The van der Waals surface area contributed by atoms with Crippen LogP contribution in [0.25, 0.3) is 6.08 Å². The fourth-order valence-electron chi connectivity index (χ4n) is 1.09. The molecule has 0 fully saturated rings. The van der Waals surface area contributed by atoms with E-state index >= 15 is 0 Å². The van der Waals surface area contributed by atoms with Gasteiger partial charge in [0.15, 0.2) is 0 Å². The quantitative estimate of drug-likeness (QED) is 0.528. The summed E-state index contributed by atoms with van der Waals surface area (Å²) in [7, 11) is 0. The van der Waals surface area contributed by atoms with Gasteiger partial charge in [0.2, 0.25) is 0 Å². The monoisotopic (exact) mass is 134 g/mol. The minimum Gasteiger partial charge on any atom is -0.318 e. The molecule has 0 amide bonds. The Balaban J connectivity index is 2.52. The first-order valence-electron chi connectivity index (χ1n) is 3.08. The van der Waals surface area contributed by atoms with E-state index in [1.54, 1.807) is 12.4 Å². The lowest BCUT2D eigenvalue weighted by Crippen LogP contribution is -2.02. The molecular formula is C7H6N2O. The number of nitrogens with zero attached hydrogens (tertiary/aromatic N) is 2. The highest BCUT2D eigenvalue weighted by atomic mass is 16.1. The van der Waals surface area contributed by atoms with E-state index < -0.39 is 0 Å². The van der Waals surface area contributed by atoms with E-state index in [0.29, 0.717) is 0 Å². The van der Waals surface area contributed by atoms with Crippen molar-refractivity contribution in [2.45, 2.75) is 6.04 Å². The molecule has 1 aromatic rings. The van der Waals surface area contributed by atoms with Gasteiger partial charge in [-0.05, 0) is 6.08 Å². The molecule has 1 aromatic heterocycles. The summed E-state index contributed by atoms with van der Waals surface area (Å²) in [6.07, 6.45) is 8.06. The maximum Gasteiger partial charge on any atom is 0.146 e. The molecule has 0 aliphatic carbocycles. The molecule has 0 N–H and O–H groups in total. The van der Waals surface area contributed by atoms with Crippen LogP contribution >= 0.6 is 0 Å². The summed E-state index contributed by atoms with van der Waals surface area (Å²) in [5, 5.41) is 0. The van der Waals surface area contributed by atoms with Crippen LogP contribution in [0.3, 0.4) is 0 Å². The number of rotatable bonds is 1. The normalized spacial score (nSPS) is 21.0. The molecule has 1 unspecified atom stereocenters. The summed E-state index contributed by atoms with van der Waals surface area (Å²) in [6.45, 7) is 0. The van der Waals surface area contributed by atoms with Gasteiger partial charge in [0, 0.05) is 12.4 Å². The minimum atomic E-state index is -0.127. The van der Waals surface area contributed by atoms with E-state index in [4.69, 9.17) is 0 Å². The Morgan fingerprint density at radius 3 is 3.40 bits per heavy atom. The molecule has 2 rings (SSSR count). The van der Waals surface area contributed by atoms with Crippen molar-refractivity contribution in [1.29, 1.82) is 0 Å². The summed E-state index contributed by atoms with van der Waals surface area (Å²) >= 11 is 0. The molecule has 10 heavy (non-hydrogen) atoms. The maximum absolute atomic E-state index is 10.4. The van der Waals surface area contributed by atoms with Gasteiger partial charge in [-0.2, -0.15) is 0 Å². The van der Waals surface area contributed by atoms with Crippen LogP contribution in [0.2, 0.25) is 0 Å². The lowest BCUT2D eigenvalue weighted by atomic mass is 10.3. The van der Waals surface area contributed by atoms with Gasteiger partial charge in [-0.25, -0.2) is 4.98 Å². The Morgan fingerprint density at radius 1 is 1.70 bits per heavy atom. The maximum atomic E-state index is 10.4. The van der Waals surface area contributed by atoms with Gasteiger partial charge in [-0.3, -0.25) is 0 Å². The van der Waals surface area contributed by atoms with Crippen LogP contribution in [0.15, 0.2) is 18.5 Å². The first-order valence-corrected chi connectivity index (χ1v) is 3.08. The molecule has 0 saturated carbocycles. The number of imidazole rings is 1. The highest BCUT2D eigenvalue weighted by molar-refractivity contribution is 5.66. The van der Waals surface area contributed by atoms with Gasteiger partial charge in [-0.15, -0.1) is 0 Å². The molecule has 1 aliphatic rings. The second kappa shape index (κ2) is 1.80. The Kier molecular flexibility index (Phi) is 0.974. The second-order valence-electron chi connectivity index (χ2n) is 2.18. The molecule has 3 heteroatoms. The van der Waals surface area contributed by atoms with Gasteiger partial charge < -0.3 is 9.36 Å². The van der Waals surface area contributed by atoms with Crippen LogP contribution in [-0.4, -0.2) is 15.8 Å². The number of carbonyl (C=O) groups excluding carboxylic acids is 1. The molecule has 1 atom stereocenters. The number of carbonyl (C=O) groups is 1. The van der Waals surface area contributed by atoms with E-state index in [1.165, 1.54) is 0 Å². The van der Waals surface area contributed by atoms with Crippen molar-refractivity contribution in [1.82, 2.24) is 9.55 Å². The van der Waals surface area contributed by atoms with Crippen molar-refractivity contribution in [2.24, 2.45) is 0 Å². The number of fused-ring (bicyclic) bond motifs is 1. The third kappa shape index (κ3) is 0.543. The Labute approximate surface area is 58.0 Å². The molecule has 50 valence electrons. The molecule has 0 radical (unpaired) electrons. The zero-order chi connectivity index (χ0) is 6.97. The third-order valence-corrected chi connectivity index (χ3v) is 1.60. The van der Waals surface area contributed by atoms with Crippen LogP contribution < -0.4 is 0 Å². The Bertz CT molecular complexity index is 288. The van der Waals surface area contributed by atoms with Crippen LogP contribution in [0.1, 0.15) is 11.9 Å². The van der Waals surface area contributed by atoms with Crippen LogP contribution in [0.4, 0.5) is 0 Å². The summed E-state index contributed by atoms with van der Waals surface area (Å²) in [6, 6.07) is -0.127. The van der Waals surface area contributed by atoms with Crippen molar-refractivity contribution in [2.75, 3.05) is 0 Å². The van der Waals surface area contributed by atoms with Crippen LogP contribution in [0.5, 0.6) is 0 Å². The fraction of sp³-hybridized carbons (Fsp3) is 0.143. The van der Waals surface area contributed by atoms with Crippen molar-refractivity contribution in [3.63, 3.8) is 0 Å². The molecule has 0 saturated heterocycles. The SMILES string of the molecule is O=CC1C=Cc2nccn21. The van der Waals surface area contributed by atoms with Crippen molar-refractivity contribution in [3.05, 3.63) is 24.3 Å². The van der Waals surface area contributed by atoms with Crippen molar-refractivity contribution >= 4 is 12.4 Å². The zero-order valence-corrected chi connectivity index (χ0v) is 5.27. The first-order chi connectivity index (χ1) is 4.92. The zero-order valence-electron chi connectivity index (χ0n) is 5.27. The highest BCUT2D eigenvalue weighted by Gasteiger charge is 2.13. The minimum absolute atomic E-state index is 0.127. The molecule has 0 spiro atoms. The third-order valence-electron chi connectivity index (χ3n) is 1.60. The van der Waals surface area contributed by atoms with Gasteiger partial charge in [-0.1, -0.05) is 6.08 Å². The molecule has 3 nitrogen and oxygen atoms in total. The van der Waals surface area contributed by atoms with E-state index in [9.17, 15) is 4.79 Å². The second-order valence-corrected chi connectivity index (χ2v) is 2.18. The molecule has 0 bridgehead atoms. The molecule has 2 heterocycles. The van der Waals surface area contributed by atoms with Gasteiger partial charge >= 0.3 is 0 Å². The van der Waals surface area contributed by atoms with E-state index in [0.717, 1.165) is 12.1 Å². The number of hydrogen-bond donors (Lipinski definition) is 0.